The molecule has 0 saturated heterocycles. The van der Waals surface area contributed by atoms with E-state index >= 15 is 0 Å². The molecule has 0 aliphatic heterocycles. The Balaban J connectivity index is 1.98. The highest BCUT2D eigenvalue weighted by atomic mass is 32.2. The number of anilines is 1. The van der Waals surface area contributed by atoms with Gasteiger partial charge in [0.1, 0.15) is 0 Å². The zero-order valence-electron chi connectivity index (χ0n) is 14.2. The maximum Gasteiger partial charge on any atom is 0.338 e. The molecule has 130 valence electrons. The third-order valence-electron chi connectivity index (χ3n) is 3.52. The van der Waals surface area contributed by atoms with Gasteiger partial charge in [-0.1, -0.05) is 12.1 Å². The molecule has 0 radical (unpaired) electrons. The number of Topliss-reactive ketones (excluding diaryl/α,β-unsaturated/α-hetero) is 1. The summed E-state index contributed by atoms with van der Waals surface area (Å²) in [4.78, 5) is 36.7. The molecule has 1 N–H and O–H groups in total. The number of thioether (sulfide) groups is 1. The topological polar surface area (TPSA) is 72.5 Å². The molecular weight excluding hydrogens is 338 g/mol. The number of ether oxygens (including phenoxy) is 1. The molecule has 0 heterocycles. The fraction of sp³-hybridized carbons (Fsp3) is 0.211. The number of ketones is 1. The molecule has 1 atom stereocenters. The van der Waals surface area contributed by atoms with E-state index in [2.05, 4.69) is 5.32 Å². The van der Waals surface area contributed by atoms with Gasteiger partial charge in [-0.15, -0.1) is 11.8 Å². The van der Waals surface area contributed by atoms with Crippen LogP contribution in [0.5, 0.6) is 0 Å². The highest BCUT2D eigenvalue weighted by molar-refractivity contribution is 7.98. The fourth-order valence-corrected chi connectivity index (χ4v) is 2.48. The van der Waals surface area contributed by atoms with Gasteiger partial charge in [-0.2, -0.15) is 0 Å². The second kappa shape index (κ2) is 8.48. The molecule has 0 fully saturated rings. The normalized spacial score (nSPS) is 11.5. The number of amides is 1. The van der Waals surface area contributed by atoms with Crippen molar-refractivity contribution in [2.75, 3.05) is 11.6 Å². The van der Waals surface area contributed by atoms with Gasteiger partial charge in [-0.05, 0) is 56.5 Å². The van der Waals surface area contributed by atoms with Crippen molar-refractivity contribution in [1.82, 2.24) is 0 Å². The average molecular weight is 357 g/mol. The van der Waals surface area contributed by atoms with Gasteiger partial charge < -0.3 is 10.1 Å². The van der Waals surface area contributed by atoms with Crippen molar-refractivity contribution in [3.8, 4) is 0 Å². The minimum Gasteiger partial charge on any atom is -0.449 e. The van der Waals surface area contributed by atoms with E-state index < -0.39 is 18.0 Å². The van der Waals surface area contributed by atoms with E-state index in [0.717, 1.165) is 4.90 Å². The van der Waals surface area contributed by atoms with Crippen molar-refractivity contribution in [2.24, 2.45) is 0 Å². The minimum absolute atomic E-state index is 0.0933. The zero-order chi connectivity index (χ0) is 18.4. The first-order valence-corrected chi connectivity index (χ1v) is 8.90. The van der Waals surface area contributed by atoms with Crippen LogP contribution in [-0.2, 0) is 9.53 Å². The van der Waals surface area contributed by atoms with Crippen LogP contribution in [-0.4, -0.2) is 30.0 Å². The van der Waals surface area contributed by atoms with E-state index in [9.17, 15) is 14.4 Å². The molecule has 0 aliphatic carbocycles. The molecule has 5 nitrogen and oxygen atoms in total. The summed E-state index contributed by atoms with van der Waals surface area (Å²) in [5.74, 6) is -1.12. The smallest absolute Gasteiger partial charge is 0.338 e. The number of carbonyl (C=O) groups excluding carboxylic acids is 3. The van der Waals surface area contributed by atoms with Crippen molar-refractivity contribution in [2.45, 2.75) is 24.8 Å². The first-order valence-electron chi connectivity index (χ1n) is 7.67. The lowest BCUT2D eigenvalue weighted by atomic mass is 10.1. The molecule has 2 aromatic carbocycles. The van der Waals surface area contributed by atoms with Gasteiger partial charge in [0.2, 0.25) is 0 Å². The Labute approximate surface area is 150 Å². The van der Waals surface area contributed by atoms with Gasteiger partial charge >= 0.3 is 5.97 Å². The Morgan fingerprint density at radius 2 is 1.72 bits per heavy atom. The summed E-state index contributed by atoms with van der Waals surface area (Å²) in [6.45, 7) is 2.95. The maximum absolute atomic E-state index is 12.2. The van der Waals surface area contributed by atoms with Crippen LogP contribution >= 0.6 is 11.8 Å². The fourth-order valence-electron chi connectivity index (χ4n) is 2.07. The molecule has 6 heteroatoms. The summed E-state index contributed by atoms with van der Waals surface area (Å²) in [6, 6.07) is 13.6. The van der Waals surface area contributed by atoms with Crippen LogP contribution in [0.1, 0.15) is 34.6 Å². The van der Waals surface area contributed by atoms with Crippen LogP contribution in [0.25, 0.3) is 0 Å². The van der Waals surface area contributed by atoms with Crippen molar-refractivity contribution < 1.29 is 19.1 Å². The quantitative estimate of drug-likeness (QED) is 0.484. The van der Waals surface area contributed by atoms with Crippen molar-refractivity contribution >= 4 is 35.1 Å². The molecule has 0 spiro atoms. The molecule has 0 aromatic heterocycles. The number of hydrogen-bond acceptors (Lipinski definition) is 5. The van der Waals surface area contributed by atoms with Gasteiger partial charge in [0, 0.05) is 16.1 Å². The molecule has 1 amide bonds. The molecule has 2 aromatic rings. The standard InChI is InChI=1S/C19H19NO4S/c1-12(21)15-5-4-6-16(11-15)20-18(22)13(2)24-19(23)14-7-9-17(25-3)10-8-14/h4-11,13H,1-3H3,(H,20,22)/t13-/m1/s1. The molecule has 0 saturated carbocycles. The molecule has 0 bridgehead atoms. The maximum atomic E-state index is 12.2. The molecule has 0 aliphatic rings. The van der Waals surface area contributed by atoms with E-state index in [0.29, 0.717) is 16.8 Å². The second-order valence-electron chi connectivity index (χ2n) is 5.40. The average Bonchev–Trinajstić information content (AvgIpc) is 2.61. The van der Waals surface area contributed by atoms with Crippen molar-refractivity contribution in [3.63, 3.8) is 0 Å². The highest BCUT2D eigenvalue weighted by Gasteiger charge is 2.19. The van der Waals surface area contributed by atoms with Gasteiger partial charge in [0.25, 0.3) is 5.91 Å². The predicted molar refractivity (Wildman–Crippen MR) is 98.2 cm³/mol. The lowest BCUT2D eigenvalue weighted by Gasteiger charge is -2.14. The summed E-state index contributed by atoms with van der Waals surface area (Å²) in [5, 5.41) is 2.64. The number of hydrogen-bond donors (Lipinski definition) is 1. The minimum atomic E-state index is -0.964. The Morgan fingerprint density at radius 1 is 1.04 bits per heavy atom. The third-order valence-corrected chi connectivity index (χ3v) is 4.26. The van der Waals surface area contributed by atoms with Crippen molar-refractivity contribution in [1.29, 1.82) is 0 Å². The Bertz CT molecular complexity index is 786. The van der Waals surface area contributed by atoms with E-state index in [1.165, 1.54) is 13.8 Å². The number of carbonyl (C=O) groups is 3. The lowest BCUT2D eigenvalue weighted by molar-refractivity contribution is -0.123. The number of nitrogens with one attached hydrogen (secondary N) is 1. The molecule has 25 heavy (non-hydrogen) atoms. The van der Waals surface area contributed by atoms with Crippen LogP contribution in [0.15, 0.2) is 53.4 Å². The van der Waals surface area contributed by atoms with E-state index in [1.807, 2.05) is 18.4 Å². The van der Waals surface area contributed by atoms with Gasteiger partial charge in [-0.25, -0.2) is 4.79 Å². The van der Waals surface area contributed by atoms with E-state index in [-0.39, 0.29) is 5.78 Å². The van der Waals surface area contributed by atoms with E-state index in [1.54, 1.807) is 48.2 Å². The monoisotopic (exact) mass is 357 g/mol. The summed E-state index contributed by atoms with van der Waals surface area (Å²) in [6.07, 6.45) is 0.981. The van der Waals surface area contributed by atoms with Gasteiger partial charge in [0.15, 0.2) is 11.9 Å². The first kappa shape index (κ1) is 18.7. The van der Waals surface area contributed by atoms with Crippen molar-refractivity contribution in [3.05, 3.63) is 59.7 Å². The van der Waals surface area contributed by atoms with E-state index in [4.69, 9.17) is 4.74 Å². The summed E-state index contributed by atoms with van der Waals surface area (Å²) < 4.78 is 5.20. The molecular formula is C19H19NO4S. The third kappa shape index (κ3) is 5.19. The first-order chi connectivity index (χ1) is 11.9. The lowest BCUT2D eigenvalue weighted by Crippen LogP contribution is -2.30. The number of benzene rings is 2. The molecule has 2 rings (SSSR count). The summed E-state index contributed by atoms with van der Waals surface area (Å²) in [7, 11) is 0. The Hall–Kier alpha value is -2.60. The SMILES string of the molecule is CSc1ccc(C(=O)O[C@H](C)C(=O)Nc2cccc(C(C)=O)c2)cc1. The van der Waals surface area contributed by atoms with Crippen LogP contribution < -0.4 is 5.32 Å². The Morgan fingerprint density at radius 3 is 2.32 bits per heavy atom. The number of rotatable bonds is 6. The van der Waals surface area contributed by atoms with Crippen LogP contribution in [0.2, 0.25) is 0 Å². The highest BCUT2D eigenvalue weighted by Crippen LogP contribution is 2.16. The molecule has 0 unspecified atom stereocenters. The summed E-state index contributed by atoms with van der Waals surface area (Å²) >= 11 is 1.57. The van der Waals surface area contributed by atoms with Crippen LogP contribution in [0, 0.1) is 0 Å². The zero-order valence-corrected chi connectivity index (χ0v) is 15.1. The number of esters is 1. The van der Waals surface area contributed by atoms with Crippen LogP contribution in [0.3, 0.4) is 0 Å². The van der Waals surface area contributed by atoms with Gasteiger partial charge in [0.05, 0.1) is 5.56 Å². The summed E-state index contributed by atoms with van der Waals surface area (Å²) in [5.41, 5.74) is 1.36. The predicted octanol–water partition coefficient (Wildman–Crippen LogP) is 3.80. The van der Waals surface area contributed by atoms with Crippen LogP contribution in [0.4, 0.5) is 5.69 Å². The second-order valence-corrected chi connectivity index (χ2v) is 6.28. The van der Waals surface area contributed by atoms with Gasteiger partial charge in [-0.3, -0.25) is 9.59 Å². The Kier molecular flexibility index (Phi) is 6.36. The largest absolute Gasteiger partial charge is 0.449 e.